The Labute approximate surface area is 251 Å². The molecule has 0 aliphatic carbocycles. The Hall–Kier alpha value is -3.97. The number of aromatic nitrogens is 1. The molecule has 1 aromatic heterocycles. The van der Waals surface area contributed by atoms with Gasteiger partial charge in [0, 0.05) is 68.4 Å². The lowest BCUT2D eigenvalue weighted by Crippen LogP contribution is -2.41. The maximum absolute atomic E-state index is 14.8. The monoisotopic (exact) mass is 618 g/mol. The summed E-state index contributed by atoms with van der Waals surface area (Å²) >= 11 is 0. The van der Waals surface area contributed by atoms with E-state index in [2.05, 4.69) is 4.98 Å². The van der Waals surface area contributed by atoms with Crippen molar-refractivity contribution in [1.29, 1.82) is 0 Å². The fraction of sp³-hybridized carbons (Fsp3) is 0.452. The first kappa shape index (κ1) is 31.5. The number of hydrogen-bond acceptors (Lipinski definition) is 5. The number of methoxy groups -OCH3 is 1. The third kappa shape index (κ3) is 6.73. The lowest BCUT2D eigenvalue weighted by Gasteiger charge is -2.33. The van der Waals surface area contributed by atoms with E-state index in [1.807, 2.05) is 11.4 Å². The SMILES string of the molecule is COCCc1[nH]c2cccc(C(=O)N3CCOCC3)c2c1C(=O)N1CCC(c2cc(CNC(=O)C(F)(F)F)ccc2F)CC1. The van der Waals surface area contributed by atoms with Crippen molar-refractivity contribution in [3.63, 3.8) is 0 Å². The Morgan fingerprint density at radius 2 is 1.73 bits per heavy atom. The number of benzene rings is 2. The van der Waals surface area contributed by atoms with E-state index in [0.717, 1.165) is 0 Å². The van der Waals surface area contributed by atoms with Gasteiger partial charge in [0.05, 0.1) is 25.4 Å². The number of piperidine rings is 1. The predicted molar refractivity (Wildman–Crippen MR) is 153 cm³/mol. The van der Waals surface area contributed by atoms with Crippen LogP contribution in [0.25, 0.3) is 10.9 Å². The Morgan fingerprint density at radius 1 is 1.02 bits per heavy atom. The first-order chi connectivity index (χ1) is 21.1. The number of halogens is 4. The van der Waals surface area contributed by atoms with Gasteiger partial charge in [-0.3, -0.25) is 14.4 Å². The van der Waals surface area contributed by atoms with Crippen LogP contribution < -0.4 is 5.32 Å². The summed E-state index contributed by atoms with van der Waals surface area (Å²) in [4.78, 5) is 45.6. The van der Waals surface area contributed by atoms with Crippen LogP contribution in [0, 0.1) is 5.82 Å². The molecule has 0 unspecified atom stereocenters. The average Bonchev–Trinajstić information content (AvgIpc) is 3.41. The first-order valence-corrected chi connectivity index (χ1v) is 14.5. The highest BCUT2D eigenvalue weighted by atomic mass is 19.4. The molecule has 0 atom stereocenters. The minimum absolute atomic E-state index is 0.175. The number of rotatable bonds is 8. The number of nitrogens with zero attached hydrogens (tertiary/aromatic N) is 2. The molecule has 2 aromatic carbocycles. The van der Waals surface area contributed by atoms with Crippen LogP contribution in [-0.4, -0.2) is 91.8 Å². The number of carbonyl (C=O) groups excluding carboxylic acids is 3. The molecule has 44 heavy (non-hydrogen) atoms. The maximum atomic E-state index is 14.8. The molecule has 0 radical (unpaired) electrons. The zero-order valence-electron chi connectivity index (χ0n) is 24.3. The number of likely N-dealkylation sites (tertiary alicyclic amines) is 1. The number of alkyl halides is 3. The molecule has 3 amide bonds. The van der Waals surface area contributed by atoms with Crippen LogP contribution in [0.1, 0.15) is 56.3 Å². The van der Waals surface area contributed by atoms with Gasteiger partial charge in [-0.05, 0) is 48.1 Å². The number of fused-ring (bicyclic) bond motifs is 1. The number of ether oxygens (including phenoxy) is 2. The van der Waals surface area contributed by atoms with Gasteiger partial charge in [-0.25, -0.2) is 4.39 Å². The molecular formula is C31H34F4N4O5. The van der Waals surface area contributed by atoms with E-state index < -0.39 is 17.9 Å². The van der Waals surface area contributed by atoms with E-state index in [4.69, 9.17) is 9.47 Å². The van der Waals surface area contributed by atoms with Gasteiger partial charge in [0.15, 0.2) is 0 Å². The number of carbonyl (C=O) groups is 3. The molecule has 2 aliphatic rings. The van der Waals surface area contributed by atoms with E-state index >= 15 is 0 Å². The number of morpholine rings is 1. The lowest BCUT2D eigenvalue weighted by atomic mass is 9.87. The van der Waals surface area contributed by atoms with Gasteiger partial charge >= 0.3 is 12.1 Å². The summed E-state index contributed by atoms with van der Waals surface area (Å²) in [5, 5.41) is 2.37. The largest absolute Gasteiger partial charge is 0.471 e. The zero-order valence-corrected chi connectivity index (χ0v) is 24.3. The fourth-order valence-corrected chi connectivity index (χ4v) is 5.89. The predicted octanol–water partition coefficient (Wildman–Crippen LogP) is 4.17. The van der Waals surface area contributed by atoms with Crippen LogP contribution >= 0.6 is 0 Å². The van der Waals surface area contributed by atoms with Crippen LogP contribution in [0.4, 0.5) is 17.6 Å². The molecule has 5 rings (SSSR count). The molecule has 0 spiro atoms. The summed E-state index contributed by atoms with van der Waals surface area (Å²) in [6.45, 7) is 2.40. The van der Waals surface area contributed by atoms with Crippen molar-refractivity contribution in [3.8, 4) is 0 Å². The second kappa shape index (κ2) is 13.3. The number of nitrogens with one attached hydrogen (secondary N) is 2. The molecular weight excluding hydrogens is 584 g/mol. The molecule has 236 valence electrons. The van der Waals surface area contributed by atoms with E-state index in [9.17, 15) is 31.9 Å². The van der Waals surface area contributed by atoms with Crippen molar-refractivity contribution in [3.05, 3.63) is 70.2 Å². The van der Waals surface area contributed by atoms with Gasteiger partial charge in [0.25, 0.3) is 11.8 Å². The van der Waals surface area contributed by atoms with E-state index in [1.54, 1.807) is 29.0 Å². The molecule has 2 N–H and O–H groups in total. The van der Waals surface area contributed by atoms with Crippen molar-refractivity contribution in [2.75, 3.05) is 53.1 Å². The van der Waals surface area contributed by atoms with E-state index in [1.165, 1.54) is 18.2 Å². The van der Waals surface area contributed by atoms with Gasteiger partial charge in [-0.15, -0.1) is 0 Å². The van der Waals surface area contributed by atoms with E-state index in [0.29, 0.717) is 104 Å². The molecule has 2 saturated heterocycles. The van der Waals surface area contributed by atoms with Gasteiger partial charge in [0.2, 0.25) is 0 Å². The Balaban J connectivity index is 1.36. The van der Waals surface area contributed by atoms with Crippen molar-refractivity contribution in [1.82, 2.24) is 20.1 Å². The highest BCUT2D eigenvalue weighted by Gasteiger charge is 2.38. The topological polar surface area (TPSA) is 104 Å². The molecule has 2 aliphatic heterocycles. The molecule has 3 aromatic rings. The molecule has 3 heterocycles. The number of hydrogen-bond donors (Lipinski definition) is 2. The number of aromatic amines is 1. The second-order valence-corrected chi connectivity index (χ2v) is 11.0. The summed E-state index contributed by atoms with van der Waals surface area (Å²) in [5.41, 5.74) is 2.86. The highest BCUT2D eigenvalue weighted by molar-refractivity contribution is 6.16. The fourth-order valence-electron chi connectivity index (χ4n) is 5.89. The molecule has 0 saturated carbocycles. The minimum atomic E-state index is -5.01. The Morgan fingerprint density at radius 3 is 2.41 bits per heavy atom. The van der Waals surface area contributed by atoms with E-state index in [-0.39, 0.29) is 24.3 Å². The zero-order chi connectivity index (χ0) is 31.4. The molecule has 2 fully saturated rings. The van der Waals surface area contributed by atoms with Gasteiger partial charge in [-0.2, -0.15) is 13.2 Å². The summed E-state index contributed by atoms with van der Waals surface area (Å²) < 4.78 is 63.2. The first-order valence-electron chi connectivity index (χ1n) is 14.5. The smallest absolute Gasteiger partial charge is 0.384 e. The third-order valence-electron chi connectivity index (χ3n) is 8.19. The van der Waals surface area contributed by atoms with Crippen molar-refractivity contribution in [2.24, 2.45) is 0 Å². The van der Waals surface area contributed by atoms with Gasteiger partial charge in [-0.1, -0.05) is 18.2 Å². The van der Waals surface area contributed by atoms with Gasteiger partial charge < -0.3 is 29.6 Å². The summed E-state index contributed by atoms with van der Waals surface area (Å²) in [6, 6.07) is 9.33. The number of H-pyrrole nitrogens is 1. The molecule has 9 nitrogen and oxygen atoms in total. The van der Waals surface area contributed by atoms with Crippen LogP contribution in [0.5, 0.6) is 0 Å². The standard InChI is InChI=1S/C31H34F4N4O5/c1-43-14-9-25-27(26-21(3-2-4-24(26)37-25)28(40)39-12-15-44-16-13-39)29(41)38-10-7-20(8-11-38)22-17-19(5-6-23(22)32)18-36-30(42)31(33,34)35/h2-6,17,20,37H,7-16,18H2,1H3,(H,36,42). The third-order valence-corrected chi connectivity index (χ3v) is 8.19. The maximum Gasteiger partial charge on any atom is 0.471 e. The average molecular weight is 619 g/mol. The van der Waals surface area contributed by atoms with Crippen LogP contribution in [0.2, 0.25) is 0 Å². The Kier molecular flexibility index (Phi) is 9.54. The Bertz CT molecular complexity index is 1530. The quantitative estimate of drug-likeness (QED) is 0.369. The van der Waals surface area contributed by atoms with Crippen molar-refractivity contribution < 1.29 is 41.4 Å². The molecule has 13 heteroatoms. The summed E-state index contributed by atoms with van der Waals surface area (Å²) in [6.07, 6.45) is -3.73. The van der Waals surface area contributed by atoms with Crippen molar-refractivity contribution >= 4 is 28.6 Å². The second-order valence-electron chi connectivity index (χ2n) is 11.0. The summed E-state index contributed by atoms with van der Waals surface area (Å²) in [5.74, 6) is -3.25. The normalized spacial score (nSPS) is 16.4. The molecule has 0 bridgehead atoms. The van der Waals surface area contributed by atoms with Crippen LogP contribution in [-0.2, 0) is 27.2 Å². The van der Waals surface area contributed by atoms with Crippen molar-refractivity contribution in [2.45, 2.75) is 37.9 Å². The van der Waals surface area contributed by atoms with Crippen LogP contribution in [0.15, 0.2) is 36.4 Å². The van der Waals surface area contributed by atoms with Gasteiger partial charge in [0.1, 0.15) is 5.82 Å². The summed E-state index contributed by atoms with van der Waals surface area (Å²) in [7, 11) is 1.57. The van der Waals surface area contributed by atoms with Crippen LogP contribution in [0.3, 0.4) is 0 Å². The minimum Gasteiger partial charge on any atom is -0.384 e. The highest BCUT2D eigenvalue weighted by Crippen LogP contribution is 2.34. The number of amides is 3. The lowest BCUT2D eigenvalue weighted by molar-refractivity contribution is -0.173.